The van der Waals surface area contributed by atoms with Crippen LogP contribution in [0.15, 0.2) is 50.6 Å². The van der Waals surface area contributed by atoms with Gasteiger partial charge in [-0.2, -0.15) is 0 Å². The number of rotatable bonds is 4. The van der Waals surface area contributed by atoms with Crippen LogP contribution in [0.1, 0.15) is 23.6 Å². The van der Waals surface area contributed by atoms with E-state index in [4.69, 9.17) is 16.0 Å². The van der Waals surface area contributed by atoms with Gasteiger partial charge in [-0.1, -0.05) is 35.9 Å². The Morgan fingerprint density at radius 3 is 2.73 bits per heavy atom. The maximum atomic E-state index is 12.7. The average molecular weight is 370 g/mol. The van der Waals surface area contributed by atoms with E-state index in [9.17, 15) is 15.0 Å². The summed E-state index contributed by atoms with van der Waals surface area (Å²) in [6.45, 7) is 5.28. The molecule has 0 saturated heterocycles. The molecule has 0 unspecified atom stereocenters. The number of phenols is 1. The number of hydrogen-bond donors (Lipinski definition) is 2. The summed E-state index contributed by atoms with van der Waals surface area (Å²) in [7, 11) is 0. The number of nitrogens with zero attached hydrogens (tertiary/aromatic N) is 1. The Bertz CT molecular complexity index is 1100. The third kappa shape index (κ3) is 2.97. The van der Waals surface area contributed by atoms with E-state index in [0.717, 1.165) is 0 Å². The minimum absolute atomic E-state index is 0.0314. The Labute approximate surface area is 154 Å². The lowest BCUT2D eigenvalue weighted by Crippen LogP contribution is -2.10. The van der Waals surface area contributed by atoms with Crippen LogP contribution in [0.25, 0.3) is 17.0 Å². The van der Waals surface area contributed by atoms with Crippen molar-refractivity contribution in [3.8, 4) is 11.7 Å². The second kappa shape index (κ2) is 7.06. The molecule has 3 rings (SSSR count). The number of aliphatic imine (C=N–C) groups is 1. The van der Waals surface area contributed by atoms with Crippen LogP contribution >= 0.6 is 11.6 Å². The van der Waals surface area contributed by atoms with Gasteiger partial charge in [0, 0.05) is 17.5 Å². The molecule has 0 aliphatic carbocycles. The van der Waals surface area contributed by atoms with Crippen molar-refractivity contribution in [2.75, 3.05) is 0 Å². The standard InChI is InChI=1S/C20H16ClNO4/c1-3-6-12-15(21)10-11(18(23)17(12)22-2)9-14-19(24)13-7-4-5-8-16(13)26-20(14)25/h3-8,10,23,25H,2,9H2,1H3/b6-3-. The summed E-state index contributed by atoms with van der Waals surface area (Å²) in [6.07, 6.45) is 3.40. The van der Waals surface area contributed by atoms with Gasteiger partial charge < -0.3 is 14.6 Å². The fourth-order valence-corrected chi connectivity index (χ4v) is 3.11. The Morgan fingerprint density at radius 1 is 1.31 bits per heavy atom. The summed E-state index contributed by atoms with van der Waals surface area (Å²) in [5, 5.41) is 21.4. The highest BCUT2D eigenvalue weighted by molar-refractivity contribution is 6.32. The van der Waals surface area contributed by atoms with Crippen LogP contribution in [-0.4, -0.2) is 16.9 Å². The van der Waals surface area contributed by atoms with Crippen molar-refractivity contribution in [2.24, 2.45) is 4.99 Å². The molecule has 26 heavy (non-hydrogen) atoms. The maximum Gasteiger partial charge on any atom is 0.289 e. The van der Waals surface area contributed by atoms with Gasteiger partial charge in [0.05, 0.1) is 16.0 Å². The summed E-state index contributed by atoms with van der Waals surface area (Å²) in [6, 6.07) is 8.16. The SMILES string of the molecule is C=Nc1c(O)c(Cc2c(O)oc3ccccc3c2=O)cc(Cl)c1/C=C\C. The van der Waals surface area contributed by atoms with Crippen molar-refractivity contribution < 1.29 is 14.6 Å². The second-order valence-electron chi connectivity index (χ2n) is 5.67. The van der Waals surface area contributed by atoms with Crippen LogP contribution in [0.3, 0.4) is 0 Å². The Morgan fingerprint density at radius 2 is 2.04 bits per heavy atom. The van der Waals surface area contributed by atoms with Crippen LogP contribution in [-0.2, 0) is 6.42 Å². The molecule has 0 aliphatic rings. The van der Waals surface area contributed by atoms with Gasteiger partial charge >= 0.3 is 0 Å². The lowest BCUT2D eigenvalue weighted by molar-refractivity contribution is 0.333. The van der Waals surface area contributed by atoms with Crippen LogP contribution < -0.4 is 5.43 Å². The van der Waals surface area contributed by atoms with E-state index in [-0.39, 0.29) is 34.4 Å². The molecule has 2 aromatic carbocycles. The number of fused-ring (bicyclic) bond motifs is 1. The van der Waals surface area contributed by atoms with Gasteiger partial charge in [-0.15, -0.1) is 0 Å². The molecule has 0 atom stereocenters. The van der Waals surface area contributed by atoms with Crippen LogP contribution in [0.4, 0.5) is 5.69 Å². The number of allylic oxidation sites excluding steroid dienone is 1. The van der Waals surface area contributed by atoms with E-state index in [0.29, 0.717) is 21.5 Å². The van der Waals surface area contributed by atoms with Crippen molar-refractivity contribution in [3.05, 3.63) is 68.3 Å². The molecule has 0 radical (unpaired) electrons. The van der Waals surface area contributed by atoms with Crippen LogP contribution in [0.5, 0.6) is 11.7 Å². The number of phenolic OH excluding ortho intramolecular Hbond substituents is 1. The number of benzene rings is 2. The first-order valence-corrected chi connectivity index (χ1v) is 8.23. The van der Waals surface area contributed by atoms with Gasteiger partial charge in [0.15, 0.2) is 5.43 Å². The third-order valence-corrected chi connectivity index (χ3v) is 4.38. The largest absolute Gasteiger partial charge is 0.505 e. The van der Waals surface area contributed by atoms with E-state index in [1.165, 1.54) is 6.07 Å². The van der Waals surface area contributed by atoms with E-state index in [1.54, 1.807) is 36.4 Å². The molecule has 0 aliphatic heterocycles. The predicted octanol–water partition coefficient (Wildman–Crippen LogP) is 4.81. The molecular formula is C20H16ClNO4. The lowest BCUT2D eigenvalue weighted by Gasteiger charge is -2.12. The fourth-order valence-electron chi connectivity index (χ4n) is 2.83. The molecule has 0 bridgehead atoms. The summed E-state index contributed by atoms with van der Waals surface area (Å²) in [5.41, 5.74) is 1.03. The van der Waals surface area contributed by atoms with E-state index in [2.05, 4.69) is 11.7 Å². The number of hydrogen-bond acceptors (Lipinski definition) is 5. The van der Waals surface area contributed by atoms with Crippen LogP contribution in [0.2, 0.25) is 5.02 Å². The van der Waals surface area contributed by atoms with Gasteiger partial charge in [-0.05, 0) is 31.8 Å². The minimum atomic E-state index is -0.491. The van der Waals surface area contributed by atoms with Crippen molar-refractivity contribution >= 4 is 41.1 Å². The van der Waals surface area contributed by atoms with Crippen molar-refractivity contribution in [2.45, 2.75) is 13.3 Å². The maximum absolute atomic E-state index is 12.7. The van der Waals surface area contributed by atoms with E-state index in [1.807, 2.05) is 6.92 Å². The predicted molar refractivity (Wildman–Crippen MR) is 104 cm³/mol. The molecular weight excluding hydrogens is 354 g/mol. The lowest BCUT2D eigenvalue weighted by atomic mass is 10.00. The molecule has 0 saturated carbocycles. The molecule has 5 nitrogen and oxygen atoms in total. The highest BCUT2D eigenvalue weighted by Gasteiger charge is 2.19. The summed E-state index contributed by atoms with van der Waals surface area (Å²) < 4.78 is 5.33. The number of para-hydroxylation sites is 1. The van der Waals surface area contributed by atoms with E-state index >= 15 is 0 Å². The molecule has 0 spiro atoms. The highest BCUT2D eigenvalue weighted by Crippen LogP contribution is 2.40. The molecule has 0 amide bonds. The van der Waals surface area contributed by atoms with Crippen molar-refractivity contribution in [3.63, 3.8) is 0 Å². The van der Waals surface area contributed by atoms with Gasteiger partial charge in [-0.3, -0.25) is 9.79 Å². The molecule has 0 fully saturated rings. The smallest absolute Gasteiger partial charge is 0.289 e. The normalized spacial score (nSPS) is 11.3. The third-order valence-electron chi connectivity index (χ3n) is 4.07. The zero-order valence-corrected chi connectivity index (χ0v) is 14.7. The average Bonchev–Trinajstić information content (AvgIpc) is 2.62. The summed E-state index contributed by atoms with van der Waals surface area (Å²) >= 11 is 6.29. The fraction of sp³-hybridized carbons (Fsp3) is 0.100. The quantitative estimate of drug-likeness (QED) is 0.646. The zero-order chi connectivity index (χ0) is 18.8. The van der Waals surface area contributed by atoms with Gasteiger partial charge in [0.2, 0.25) is 0 Å². The first kappa shape index (κ1) is 17.8. The molecule has 2 N–H and O–H groups in total. The highest BCUT2D eigenvalue weighted by atomic mass is 35.5. The second-order valence-corrected chi connectivity index (χ2v) is 6.08. The molecule has 1 aromatic heterocycles. The molecule has 3 aromatic rings. The van der Waals surface area contributed by atoms with E-state index < -0.39 is 5.95 Å². The van der Waals surface area contributed by atoms with Gasteiger partial charge in [0.25, 0.3) is 5.95 Å². The molecule has 1 heterocycles. The number of halogens is 1. The van der Waals surface area contributed by atoms with Gasteiger partial charge in [-0.25, -0.2) is 0 Å². The molecule has 6 heteroatoms. The Balaban J connectivity index is 2.19. The first-order valence-electron chi connectivity index (χ1n) is 7.85. The Kier molecular flexibility index (Phi) is 4.82. The summed E-state index contributed by atoms with van der Waals surface area (Å²) in [4.78, 5) is 16.5. The first-order chi connectivity index (χ1) is 12.5. The summed E-state index contributed by atoms with van der Waals surface area (Å²) in [5.74, 6) is -0.640. The zero-order valence-electron chi connectivity index (χ0n) is 14.0. The van der Waals surface area contributed by atoms with Crippen molar-refractivity contribution in [1.29, 1.82) is 0 Å². The van der Waals surface area contributed by atoms with Crippen molar-refractivity contribution in [1.82, 2.24) is 0 Å². The minimum Gasteiger partial charge on any atom is -0.505 e. The molecule has 132 valence electrons. The number of aromatic hydroxyl groups is 2. The van der Waals surface area contributed by atoms with Gasteiger partial charge in [0.1, 0.15) is 17.0 Å². The van der Waals surface area contributed by atoms with Crippen LogP contribution in [0, 0.1) is 0 Å². The Hall–Kier alpha value is -3.05. The topological polar surface area (TPSA) is 83.0 Å². The monoisotopic (exact) mass is 369 g/mol.